The molecule has 1 aromatic carbocycles. The number of rotatable bonds is 5. The minimum Gasteiger partial charge on any atom is -0.351 e. The number of hydrogen-bond acceptors (Lipinski definition) is 4. The van der Waals surface area contributed by atoms with Gasteiger partial charge in [-0.05, 0) is 43.9 Å². The van der Waals surface area contributed by atoms with Crippen molar-refractivity contribution in [2.24, 2.45) is 0 Å². The van der Waals surface area contributed by atoms with E-state index in [0.29, 0.717) is 28.0 Å². The SMILES string of the molecule is Clc1ccc(Cl)c(Nc2cc(C3CC3)nc(NC3CCCC3)n2)c1. The Morgan fingerprint density at radius 2 is 1.75 bits per heavy atom. The smallest absolute Gasteiger partial charge is 0.225 e. The second-order valence-electron chi connectivity index (χ2n) is 6.65. The Morgan fingerprint density at radius 1 is 0.958 bits per heavy atom. The molecule has 2 aromatic rings. The van der Waals surface area contributed by atoms with Crippen molar-refractivity contribution in [3.8, 4) is 0 Å². The van der Waals surface area contributed by atoms with Crippen molar-refractivity contribution >= 4 is 40.7 Å². The third-order valence-corrected chi connectivity index (χ3v) is 5.19. The predicted octanol–water partition coefficient (Wildman–Crippen LogP) is 5.76. The average molecular weight is 363 g/mol. The summed E-state index contributed by atoms with van der Waals surface area (Å²) in [5.74, 6) is 2.04. The Hall–Kier alpha value is -1.52. The van der Waals surface area contributed by atoms with Crippen LogP contribution in [0.4, 0.5) is 17.5 Å². The molecule has 0 aliphatic heterocycles. The summed E-state index contributed by atoms with van der Waals surface area (Å²) >= 11 is 12.3. The maximum absolute atomic E-state index is 6.26. The van der Waals surface area contributed by atoms with Gasteiger partial charge < -0.3 is 10.6 Å². The number of benzene rings is 1. The Labute approximate surface area is 152 Å². The third-order valence-electron chi connectivity index (χ3n) is 4.62. The molecule has 1 aromatic heterocycles. The van der Waals surface area contributed by atoms with Gasteiger partial charge in [-0.3, -0.25) is 0 Å². The van der Waals surface area contributed by atoms with Crippen LogP contribution in [0.25, 0.3) is 0 Å². The van der Waals surface area contributed by atoms with E-state index in [4.69, 9.17) is 28.2 Å². The molecule has 2 aliphatic rings. The first kappa shape index (κ1) is 16.0. The fourth-order valence-electron chi connectivity index (χ4n) is 3.17. The highest BCUT2D eigenvalue weighted by Gasteiger charge is 2.27. The monoisotopic (exact) mass is 362 g/mol. The van der Waals surface area contributed by atoms with Gasteiger partial charge in [-0.1, -0.05) is 36.0 Å². The second-order valence-corrected chi connectivity index (χ2v) is 7.49. The van der Waals surface area contributed by atoms with E-state index in [2.05, 4.69) is 15.6 Å². The van der Waals surface area contributed by atoms with Crippen LogP contribution in [-0.2, 0) is 0 Å². The van der Waals surface area contributed by atoms with E-state index in [1.54, 1.807) is 12.1 Å². The molecular weight excluding hydrogens is 343 g/mol. The van der Waals surface area contributed by atoms with Crippen molar-refractivity contribution in [1.82, 2.24) is 9.97 Å². The number of nitrogens with zero attached hydrogens (tertiary/aromatic N) is 2. The zero-order valence-corrected chi connectivity index (χ0v) is 14.9. The molecule has 0 saturated heterocycles. The first-order chi connectivity index (χ1) is 11.7. The van der Waals surface area contributed by atoms with Crippen molar-refractivity contribution in [3.05, 3.63) is 40.0 Å². The number of hydrogen-bond donors (Lipinski definition) is 2. The van der Waals surface area contributed by atoms with Gasteiger partial charge in [-0.15, -0.1) is 0 Å². The second kappa shape index (κ2) is 6.77. The fourth-order valence-corrected chi connectivity index (χ4v) is 3.50. The largest absolute Gasteiger partial charge is 0.351 e. The Morgan fingerprint density at radius 3 is 2.50 bits per heavy atom. The molecule has 2 saturated carbocycles. The van der Waals surface area contributed by atoms with Gasteiger partial charge in [0, 0.05) is 23.0 Å². The van der Waals surface area contributed by atoms with Gasteiger partial charge >= 0.3 is 0 Å². The van der Waals surface area contributed by atoms with Crippen LogP contribution >= 0.6 is 23.2 Å². The van der Waals surface area contributed by atoms with Crippen LogP contribution in [0.15, 0.2) is 24.3 Å². The van der Waals surface area contributed by atoms with Crippen LogP contribution in [0.5, 0.6) is 0 Å². The number of anilines is 3. The highest BCUT2D eigenvalue weighted by molar-refractivity contribution is 6.35. The van der Waals surface area contributed by atoms with Crippen molar-refractivity contribution in [3.63, 3.8) is 0 Å². The minimum atomic E-state index is 0.488. The van der Waals surface area contributed by atoms with Crippen LogP contribution < -0.4 is 10.6 Å². The van der Waals surface area contributed by atoms with E-state index in [0.717, 1.165) is 17.2 Å². The lowest BCUT2D eigenvalue weighted by Gasteiger charge is -2.15. The van der Waals surface area contributed by atoms with E-state index < -0.39 is 0 Å². The molecule has 6 heteroatoms. The highest BCUT2D eigenvalue weighted by atomic mass is 35.5. The maximum atomic E-state index is 6.26. The summed E-state index contributed by atoms with van der Waals surface area (Å²) in [7, 11) is 0. The molecule has 0 bridgehead atoms. The molecule has 0 radical (unpaired) electrons. The van der Waals surface area contributed by atoms with Crippen LogP contribution in [0.1, 0.15) is 50.1 Å². The van der Waals surface area contributed by atoms with E-state index in [-0.39, 0.29) is 0 Å². The molecule has 0 unspecified atom stereocenters. The summed E-state index contributed by atoms with van der Waals surface area (Å²) in [6, 6.07) is 7.88. The van der Waals surface area contributed by atoms with Gasteiger partial charge in [0.25, 0.3) is 0 Å². The Kier molecular flexibility index (Phi) is 4.51. The average Bonchev–Trinajstić information content (AvgIpc) is 3.29. The molecule has 24 heavy (non-hydrogen) atoms. The summed E-state index contributed by atoms with van der Waals surface area (Å²) in [5, 5.41) is 8.05. The first-order valence-electron chi connectivity index (χ1n) is 8.55. The molecule has 0 atom stereocenters. The van der Waals surface area contributed by atoms with Crippen molar-refractivity contribution < 1.29 is 0 Å². The lowest BCUT2D eigenvalue weighted by molar-refractivity contribution is 0.742. The molecule has 2 fully saturated rings. The summed E-state index contributed by atoms with van der Waals surface area (Å²) in [5.41, 5.74) is 1.86. The molecule has 126 valence electrons. The predicted molar refractivity (Wildman–Crippen MR) is 99.6 cm³/mol. The normalized spacial score (nSPS) is 17.9. The third kappa shape index (κ3) is 3.76. The van der Waals surface area contributed by atoms with E-state index in [9.17, 15) is 0 Å². The molecule has 0 spiro atoms. The van der Waals surface area contributed by atoms with Gasteiger partial charge in [0.05, 0.1) is 16.4 Å². The molecule has 0 amide bonds. The molecule has 2 aliphatic carbocycles. The molecule has 2 N–H and O–H groups in total. The molecule has 4 nitrogen and oxygen atoms in total. The summed E-state index contributed by atoms with van der Waals surface area (Å²) < 4.78 is 0. The van der Waals surface area contributed by atoms with Crippen molar-refractivity contribution in [1.29, 1.82) is 0 Å². The quantitative estimate of drug-likeness (QED) is 0.709. The molecule has 1 heterocycles. The number of halogens is 2. The maximum Gasteiger partial charge on any atom is 0.225 e. The van der Waals surface area contributed by atoms with Crippen LogP contribution in [-0.4, -0.2) is 16.0 Å². The van der Waals surface area contributed by atoms with Crippen molar-refractivity contribution in [2.45, 2.75) is 50.5 Å². The lowest BCUT2D eigenvalue weighted by atomic mass is 10.2. The molecule has 4 rings (SSSR count). The van der Waals surface area contributed by atoms with Gasteiger partial charge in [-0.25, -0.2) is 4.98 Å². The Balaban J connectivity index is 1.61. The Bertz CT molecular complexity index is 740. The lowest BCUT2D eigenvalue weighted by Crippen LogP contribution is -2.17. The highest BCUT2D eigenvalue weighted by Crippen LogP contribution is 2.40. The van der Waals surface area contributed by atoms with Crippen molar-refractivity contribution in [2.75, 3.05) is 10.6 Å². The van der Waals surface area contributed by atoms with Crippen LogP contribution in [0, 0.1) is 0 Å². The standard InChI is InChI=1S/C18H20Cl2N4/c19-12-7-8-14(20)16(9-12)22-17-10-15(11-5-6-11)23-18(24-17)21-13-3-1-2-4-13/h7-11,13H,1-6H2,(H2,21,22,23,24). The summed E-state index contributed by atoms with van der Waals surface area (Å²) in [6.07, 6.45) is 7.36. The topological polar surface area (TPSA) is 49.8 Å². The fraction of sp³-hybridized carbons (Fsp3) is 0.444. The van der Waals surface area contributed by atoms with Crippen LogP contribution in [0.2, 0.25) is 10.0 Å². The number of nitrogens with one attached hydrogen (secondary N) is 2. The van der Waals surface area contributed by atoms with E-state index in [1.807, 2.05) is 12.1 Å². The van der Waals surface area contributed by atoms with E-state index >= 15 is 0 Å². The van der Waals surface area contributed by atoms with Gasteiger partial charge in [0.15, 0.2) is 0 Å². The van der Waals surface area contributed by atoms with Gasteiger partial charge in [0.1, 0.15) is 5.82 Å². The zero-order chi connectivity index (χ0) is 16.5. The minimum absolute atomic E-state index is 0.488. The van der Waals surface area contributed by atoms with E-state index in [1.165, 1.54) is 38.5 Å². The molecular formula is C18H20Cl2N4. The van der Waals surface area contributed by atoms with Gasteiger partial charge in [-0.2, -0.15) is 4.98 Å². The first-order valence-corrected chi connectivity index (χ1v) is 9.30. The summed E-state index contributed by atoms with van der Waals surface area (Å²) in [4.78, 5) is 9.36. The zero-order valence-electron chi connectivity index (χ0n) is 13.4. The summed E-state index contributed by atoms with van der Waals surface area (Å²) in [6.45, 7) is 0. The van der Waals surface area contributed by atoms with Crippen LogP contribution in [0.3, 0.4) is 0 Å². The number of aromatic nitrogens is 2. The van der Waals surface area contributed by atoms with Gasteiger partial charge in [0.2, 0.25) is 5.95 Å².